The standard InChI is InChI=1S/C8H14O2/c1-4-5-8(10-3)7(2)6-9/h4-5,9H,6H2,1-3H3/b5-4-,8-7-. The van der Waals surface area contributed by atoms with Gasteiger partial charge in [-0.05, 0) is 25.5 Å². The van der Waals surface area contributed by atoms with Crippen LogP contribution in [0.4, 0.5) is 0 Å². The first kappa shape index (κ1) is 9.24. The van der Waals surface area contributed by atoms with Crippen LogP contribution in [0.15, 0.2) is 23.5 Å². The second kappa shape index (κ2) is 5.06. The lowest BCUT2D eigenvalue weighted by atomic mass is 10.2. The highest BCUT2D eigenvalue weighted by Crippen LogP contribution is 2.04. The number of ether oxygens (including phenoxy) is 1. The summed E-state index contributed by atoms with van der Waals surface area (Å²) in [5.74, 6) is 0.741. The summed E-state index contributed by atoms with van der Waals surface area (Å²) >= 11 is 0. The quantitative estimate of drug-likeness (QED) is 0.477. The van der Waals surface area contributed by atoms with Gasteiger partial charge in [-0.1, -0.05) is 6.08 Å². The molecule has 0 amide bonds. The van der Waals surface area contributed by atoms with Crippen LogP contribution in [0.1, 0.15) is 13.8 Å². The van der Waals surface area contributed by atoms with Crippen LogP contribution in [0.5, 0.6) is 0 Å². The van der Waals surface area contributed by atoms with E-state index in [1.54, 1.807) is 7.11 Å². The van der Waals surface area contributed by atoms with Gasteiger partial charge in [-0.3, -0.25) is 0 Å². The minimum absolute atomic E-state index is 0.0491. The van der Waals surface area contributed by atoms with Gasteiger partial charge < -0.3 is 9.84 Å². The highest BCUT2D eigenvalue weighted by molar-refractivity contribution is 5.18. The van der Waals surface area contributed by atoms with Crippen LogP contribution in [0, 0.1) is 0 Å². The Labute approximate surface area is 61.8 Å². The molecule has 0 rings (SSSR count). The van der Waals surface area contributed by atoms with E-state index >= 15 is 0 Å². The van der Waals surface area contributed by atoms with Crippen LogP contribution in [0.2, 0.25) is 0 Å². The zero-order chi connectivity index (χ0) is 7.98. The summed E-state index contributed by atoms with van der Waals surface area (Å²) in [5.41, 5.74) is 0.848. The first-order valence-corrected chi connectivity index (χ1v) is 3.23. The summed E-state index contributed by atoms with van der Waals surface area (Å²) in [6.07, 6.45) is 3.70. The van der Waals surface area contributed by atoms with Gasteiger partial charge in [0.1, 0.15) is 5.76 Å². The van der Waals surface area contributed by atoms with E-state index in [0.717, 1.165) is 11.3 Å². The van der Waals surface area contributed by atoms with Crippen LogP contribution in [0.25, 0.3) is 0 Å². The van der Waals surface area contributed by atoms with Crippen molar-refractivity contribution in [2.75, 3.05) is 13.7 Å². The van der Waals surface area contributed by atoms with E-state index < -0.39 is 0 Å². The van der Waals surface area contributed by atoms with Gasteiger partial charge >= 0.3 is 0 Å². The molecule has 0 unspecified atom stereocenters. The lowest BCUT2D eigenvalue weighted by molar-refractivity contribution is 0.280. The van der Waals surface area contributed by atoms with Crippen LogP contribution >= 0.6 is 0 Å². The van der Waals surface area contributed by atoms with E-state index in [1.165, 1.54) is 0 Å². The van der Waals surface area contributed by atoms with Gasteiger partial charge in [0.05, 0.1) is 13.7 Å². The minimum atomic E-state index is 0.0491. The molecule has 0 aliphatic carbocycles. The fraction of sp³-hybridized carbons (Fsp3) is 0.500. The number of aliphatic hydroxyl groups is 1. The molecule has 0 aliphatic rings. The molecule has 1 N–H and O–H groups in total. The Balaban J connectivity index is 4.29. The fourth-order valence-corrected chi connectivity index (χ4v) is 0.614. The van der Waals surface area contributed by atoms with E-state index in [2.05, 4.69) is 0 Å². The molecular formula is C8H14O2. The Kier molecular flexibility index (Phi) is 4.67. The normalized spacial score (nSPS) is 13.6. The Morgan fingerprint density at radius 2 is 2.20 bits per heavy atom. The lowest BCUT2D eigenvalue weighted by Crippen LogP contribution is -1.92. The van der Waals surface area contributed by atoms with E-state index in [0.29, 0.717) is 0 Å². The number of methoxy groups -OCH3 is 1. The molecule has 0 aromatic rings. The first-order chi connectivity index (χ1) is 4.76. The molecule has 2 nitrogen and oxygen atoms in total. The van der Waals surface area contributed by atoms with Gasteiger partial charge in [-0.25, -0.2) is 0 Å². The third-order valence-corrected chi connectivity index (χ3v) is 1.20. The molecule has 0 aromatic carbocycles. The molecule has 58 valence electrons. The molecule has 0 heterocycles. The average molecular weight is 142 g/mol. The van der Waals surface area contributed by atoms with E-state index in [-0.39, 0.29) is 6.61 Å². The van der Waals surface area contributed by atoms with Gasteiger partial charge in [0.15, 0.2) is 0 Å². The number of allylic oxidation sites excluding steroid dienone is 2. The number of hydrogen-bond donors (Lipinski definition) is 1. The summed E-state index contributed by atoms with van der Waals surface area (Å²) in [7, 11) is 1.59. The van der Waals surface area contributed by atoms with E-state index in [9.17, 15) is 0 Å². The average Bonchev–Trinajstić information content (AvgIpc) is 1.99. The first-order valence-electron chi connectivity index (χ1n) is 3.23. The predicted octanol–water partition coefficient (Wildman–Crippen LogP) is 1.48. The van der Waals surface area contributed by atoms with Gasteiger partial charge in [-0.15, -0.1) is 0 Å². The topological polar surface area (TPSA) is 29.5 Å². The fourth-order valence-electron chi connectivity index (χ4n) is 0.614. The Hall–Kier alpha value is -0.760. The minimum Gasteiger partial charge on any atom is -0.497 e. The second-order valence-electron chi connectivity index (χ2n) is 2.01. The molecule has 0 atom stereocenters. The highest BCUT2D eigenvalue weighted by atomic mass is 16.5. The van der Waals surface area contributed by atoms with Crippen molar-refractivity contribution in [1.29, 1.82) is 0 Å². The maximum Gasteiger partial charge on any atom is 0.119 e. The van der Waals surface area contributed by atoms with E-state index in [1.807, 2.05) is 26.0 Å². The SMILES string of the molecule is C/C=C\C(OC)=C(/C)CO. The van der Waals surface area contributed by atoms with Gasteiger partial charge in [0, 0.05) is 0 Å². The molecule has 10 heavy (non-hydrogen) atoms. The molecule has 0 fully saturated rings. The zero-order valence-electron chi connectivity index (χ0n) is 6.72. The third-order valence-electron chi connectivity index (χ3n) is 1.20. The zero-order valence-corrected chi connectivity index (χ0v) is 6.72. The van der Waals surface area contributed by atoms with Crippen molar-refractivity contribution in [1.82, 2.24) is 0 Å². The smallest absolute Gasteiger partial charge is 0.119 e. The van der Waals surface area contributed by atoms with Gasteiger partial charge in [0.25, 0.3) is 0 Å². The molecule has 0 spiro atoms. The summed E-state index contributed by atoms with van der Waals surface area (Å²) in [6, 6.07) is 0. The summed E-state index contributed by atoms with van der Waals surface area (Å²) < 4.78 is 4.98. The van der Waals surface area contributed by atoms with E-state index in [4.69, 9.17) is 9.84 Å². The lowest BCUT2D eigenvalue weighted by Gasteiger charge is -2.03. The summed E-state index contributed by atoms with van der Waals surface area (Å²) in [4.78, 5) is 0. The summed E-state index contributed by atoms with van der Waals surface area (Å²) in [5, 5.41) is 8.69. The number of rotatable bonds is 3. The van der Waals surface area contributed by atoms with Crippen LogP contribution in [-0.2, 0) is 4.74 Å². The number of hydrogen-bond acceptors (Lipinski definition) is 2. The van der Waals surface area contributed by atoms with Gasteiger partial charge in [-0.2, -0.15) is 0 Å². The molecule has 0 saturated heterocycles. The molecule has 0 radical (unpaired) electrons. The van der Waals surface area contributed by atoms with Crippen molar-refractivity contribution in [3.8, 4) is 0 Å². The van der Waals surface area contributed by atoms with Crippen molar-refractivity contribution in [3.63, 3.8) is 0 Å². The molecule has 0 saturated carbocycles. The Bertz CT molecular complexity index is 145. The van der Waals surface area contributed by atoms with Crippen molar-refractivity contribution >= 4 is 0 Å². The summed E-state index contributed by atoms with van der Waals surface area (Å²) in [6.45, 7) is 3.79. The molecular weight excluding hydrogens is 128 g/mol. The largest absolute Gasteiger partial charge is 0.497 e. The third kappa shape index (κ3) is 2.69. The molecule has 2 heteroatoms. The van der Waals surface area contributed by atoms with Crippen molar-refractivity contribution in [2.24, 2.45) is 0 Å². The van der Waals surface area contributed by atoms with Crippen LogP contribution in [-0.4, -0.2) is 18.8 Å². The second-order valence-corrected chi connectivity index (χ2v) is 2.01. The van der Waals surface area contributed by atoms with Gasteiger partial charge in [0.2, 0.25) is 0 Å². The molecule has 0 aromatic heterocycles. The number of aliphatic hydroxyl groups excluding tert-OH is 1. The van der Waals surface area contributed by atoms with Crippen molar-refractivity contribution in [3.05, 3.63) is 23.5 Å². The highest BCUT2D eigenvalue weighted by Gasteiger charge is 1.94. The Morgan fingerprint density at radius 1 is 1.60 bits per heavy atom. The predicted molar refractivity (Wildman–Crippen MR) is 41.6 cm³/mol. The van der Waals surface area contributed by atoms with Crippen molar-refractivity contribution in [2.45, 2.75) is 13.8 Å². The van der Waals surface area contributed by atoms with Crippen molar-refractivity contribution < 1.29 is 9.84 Å². The molecule has 0 aliphatic heterocycles. The maximum absolute atomic E-state index is 8.69. The van der Waals surface area contributed by atoms with Crippen LogP contribution in [0.3, 0.4) is 0 Å². The molecule has 0 bridgehead atoms. The monoisotopic (exact) mass is 142 g/mol. The van der Waals surface area contributed by atoms with Crippen LogP contribution < -0.4 is 0 Å². The Morgan fingerprint density at radius 3 is 2.50 bits per heavy atom. The maximum atomic E-state index is 8.69.